The molecule has 0 saturated carbocycles. The van der Waals surface area contributed by atoms with Crippen LogP contribution in [0.4, 0.5) is 10.7 Å². The normalized spacial score (nSPS) is 15.9. The number of anilines is 2. The van der Waals surface area contributed by atoms with Gasteiger partial charge in [0.15, 0.2) is 0 Å². The van der Waals surface area contributed by atoms with E-state index in [4.69, 9.17) is 10.5 Å². The highest BCUT2D eigenvalue weighted by Crippen LogP contribution is 2.25. The molecule has 0 atom stereocenters. The third-order valence-corrected chi connectivity index (χ3v) is 3.68. The fraction of sp³-hybridized carbons (Fsp3) is 0.308. The quantitative estimate of drug-likeness (QED) is 0.900. The summed E-state index contributed by atoms with van der Waals surface area (Å²) in [5, 5.41) is 0.752. The van der Waals surface area contributed by atoms with Gasteiger partial charge in [0.25, 0.3) is 0 Å². The molecule has 2 N–H and O–H groups in total. The number of benzene rings is 1. The number of nitrogen functional groups attached to an aromatic ring is 1. The van der Waals surface area contributed by atoms with Crippen LogP contribution in [0.25, 0.3) is 11.3 Å². The Morgan fingerprint density at radius 1 is 1.17 bits per heavy atom. The Labute approximate surface area is 110 Å². The SMILES string of the molecule is Nc1cc(-c2ccc(N3CCOCC3)cc2)ns1. The minimum atomic E-state index is 0.752. The Hall–Kier alpha value is -1.59. The van der Waals surface area contributed by atoms with Crippen LogP contribution in [0.3, 0.4) is 0 Å². The second-order valence-corrected chi connectivity index (χ2v) is 5.10. The molecular formula is C13H15N3OS. The number of aromatic nitrogens is 1. The number of hydrogen-bond donors (Lipinski definition) is 1. The summed E-state index contributed by atoms with van der Waals surface area (Å²) in [6.07, 6.45) is 0. The monoisotopic (exact) mass is 261 g/mol. The number of morpholine rings is 1. The Morgan fingerprint density at radius 3 is 2.50 bits per heavy atom. The third-order valence-electron chi connectivity index (χ3n) is 3.07. The van der Waals surface area contributed by atoms with Crippen molar-refractivity contribution in [2.75, 3.05) is 36.9 Å². The van der Waals surface area contributed by atoms with Crippen LogP contribution >= 0.6 is 11.5 Å². The van der Waals surface area contributed by atoms with Crippen LogP contribution in [0.5, 0.6) is 0 Å². The maximum atomic E-state index is 5.70. The minimum absolute atomic E-state index is 0.752. The molecule has 0 radical (unpaired) electrons. The van der Waals surface area contributed by atoms with E-state index in [1.165, 1.54) is 17.2 Å². The van der Waals surface area contributed by atoms with Gasteiger partial charge in [0.2, 0.25) is 0 Å². The summed E-state index contributed by atoms with van der Waals surface area (Å²) in [5.74, 6) is 0. The number of hydrogen-bond acceptors (Lipinski definition) is 5. The lowest BCUT2D eigenvalue weighted by Crippen LogP contribution is -2.36. The molecule has 0 spiro atoms. The zero-order valence-electron chi connectivity index (χ0n) is 10.0. The zero-order chi connectivity index (χ0) is 12.4. The van der Waals surface area contributed by atoms with Crippen molar-refractivity contribution < 1.29 is 4.74 Å². The van der Waals surface area contributed by atoms with E-state index >= 15 is 0 Å². The Bertz CT molecular complexity index is 517. The zero-order valence-corrected chi connectivity index (χ0v) is 10.8. The number of nitrogens with two attached hydrogens (primary N) is 1. The summed E-state index contributed by atoms with van der Waals surface area (Å²) in [6, 6.07) is 10.4. The lowest BCUT2D eigenvalue weighted by atomic mass is 10.1. The maximum Gasteiger partial charge on any atom is 0.107 e. The van der Waals surface area contributed by atoms with E-state index in [0.29, 0.717) is 0 Å². The van der Waals surface area contributed by atoms with Gasteiger partial charge in [-0.1, -0.05) is 12.1 Å². The third kappa shape index (κ3) is 2.32. The highest BCUT2D eigenvalue weighted by Gasteiger charge is 2.11. The molecule has 4 nitrogen and oxygen atoms in total. The molecule has 0 unspecified atom stereocenters. The average molecular weight is 261 g/mol. The summed E-state index contributed by atoms with van der Waals surface area (Å²) in [4.78, 5) is 2.34. The van der Waals surface area contributed by atoms with E-state index in [9.17, 15) is 0 Å². The number of ether oxygens (including phenoxy) is 1. The van der Waals surface area contributed by atoms with Gasteiger partial charge in [-0.2, -0.15) is 4.37 Å². The number of rotatable bonds is 2. The molecule has 1 aliphatic rings. The van der Waals surface area contributed by atoms with Gasteiger partial charge in [-0.25, -0.2) is 0 Å². The van der Waals surface area contributed by atoms with E-state index in [2.05, 4.69) is 33.5 Å². The van der Waals surface area contributed by atoms with Gasteiger partial charge in [0.1, 0.15) is 5.00 Å². The highest BCUT2D eigenvalue weighted by atomic mass is 32.1. The first-order valence-electron chi connectivity index (χ1n) is 5.98. The van der Waals surface area contributed by atoms with Crippen molar-refractivity contribution in [2.45, 2.75) is 0 Å². The van der Waals surface area contributed by atoms with Crippen LogP contribution in [0.1, 0.15) is 0 Å². The first-order valence-corrected chi connectivity index (χ1v) is 6.75. The van der Waals surface area contributed by atoms with Gasteiger partial charge < -0.3 is 15.4 Å². The molecule has 2 heterocycles. The summed E-state index contributed by atoms with van der Waals surface area (Å²) < 4.78 is 9.66. The molecule has 1 aliphatic heterocycles. The van der Waals surface area contributed by atoms with Crippen molar-refractivity contribution in [2.24, 2.45) is 0 Å². The molecule has 0 amide bonds. The van der Waals surface area contributed by atoms with Crippen molar-refractivity contribution in [3.8, 4) is 11.3 Å². The van der Waals surface area contributed by atoms with Crippen LogP contribution in [-0.2, 0) is 4.74 Å². The molecule has 0 aliphatic carbocycles. The predicted octanol–water partition coefficient (Wildman–Crippen LogP) is 2.23. The molecule has 2 aromatic rings. The van der Waals surface area contributed by atoms with Crippen LogP contribution < -0.4 is 10.6 Å². The smallest absolute Gasteiger partial charge is 0.107 e. The topological polar surface area (TPSA) is 51.4 Å². The van der Waals surface area contributed by atoms with Crippen molar-refractivity contribution in [3.63, 3.8) is 0 Å². The Balaban J connectivity index is 1.80. The fourth-order valence-electron chi connectivity index (χ4n) is 2.09. The van der Waals surface area contributed by atoms with Crippen LogP contribution in [0.15, 0.2) is 30.3 Å². The van der Waals surface area contributed by atoms with E-state index < -0.39 is 0 Å². The Kier molecular flexibility index (Phi) is 3.17. The van der Waals surface area contributed by atoms with Crippen molar-refractivity contribution in [1.29, 1.82) is 0 Å². The molecule has 1 fully saturated rings. The average Bonchev–Trinajstić information content (AvgIpc) is 2.87. The molecule has 3 rings (SSSR count). The van der Waals surface area contributed by atoms with Crippen molar-refractivity contribution in [3.05, 3.63) is 30.3 Å². The summed E-state index contributed by atoms with van der Waals surface area (Å²) in [6.45, 7) is 3.54. The van der Waals surface area contributed by atoms with Crippen LogP contribution in [0, 0.1) is 0 Å². The van der Waals surface area contributed by atoms with Gasteiger partial charge in [0, 0.05) is 30.4 Å². The van der Waals surface area contributed by atoms with Crippen molar-refractivity contribution in [1.82, 2.24) is 4.37 Å². The molecule has 94 valence electrons. The molecule has 1 saturated heterocycles. The fourth-order valence-corrected chi connectivity index (χ4v) is 2.62. The minimum Gasteiger partial charge on any atom is -0.389 e. The summed E-state index contributed by atoms with van der Waals surface area (Å²) in [5.41, 5.74) is 9.00. The molecule has 1 aromatic carbocycles. The van der Waals surface area contributed by atoms with Crippen molar-refractivity contribution >= 4 is 22.2 Å². The van der Waals surface area contributed by atoms with E-state index in [1.807, 2.05) is 6.07 Å². The lowest BCUT2D eigenvalue weighted by molar-refractivity contribution is 0.122. The van der Waals surface area contributed by atoms with Gasteiger partial charge in [-0.15, -0.1) is 0 Å². The second kappa shape index (κ2) is 4.96. The first kappa shape index (κ1) is 11.5. The highest BCUT2D eigenvalue weighted by molar-refractivity contribution is 7.10. The predicted molar refractivity (Wildman–Crippen MR) is 75.0 cm³/mol. The molecular weight excluding hydrogens is 246 g/mol. The molecule has 0 bridgehead atoms. The summed E-state index contributed by atoms with van der Waals surface area (Å²) in [7, 11) is 0. The lowest BCUT2D eigenvalue weighted by Gasteiger charge is -2.28. The van der Waals surface area contributed by atoms with Gasteiger partial charge in [0.05, 0.1) is 18.9 Å². The Morgan fingerprint density at radius 2 is 1.89 bits per heavy atom. The van der Waals surface area contributed by atoms with Gasteiger partial charge in [-0.3, -0.25) is 0 Å². The van der Waals surface area contributed by atoms with Crippen LogP contribution in [-0.4, -0.2) is 30.7 Å². The van der Waals surface area contributed by atoms with Crippen LogP contribution in [0.2, 0.25) is 0 Å². The molecule has 5 heteroatoms. The molecule has 18 heavy (non-hydrogen) atoms. The molecule has 1 aromatic heterocycles. The second-order valence-electron chi connectivity index (χ2n) is 4.26. The van der Waals surface area contributed by atoms with Gasteiger partial charge in [-0.05, 0) is 23.7 Å². The van der Waals surface area contributed by atoms with Gasteiger partial charge >= 0.3 is 0 Å². The largest absolute Gasteiger partial charge is 0.389 e. The maximum absolute atomic E-state index is 5.70. The number of nitrogens with zero attached hydrogens (tertiary/aromatic N) is 2. The van der Waals surface area contributed by atoms with E-state index in [1.54, 1.807) is 0 Å². The standard InChI is InChI=1S/C13H15N3OS/c14-13-9-12(15-18-13)10-1-3-11(4-2-10)16-5-7-17-8-6-16/h1-4,9H,5-8,14H2. The van der Waals surface area contributed by atoms with E-state index in [-0.39, 0.29) is 0 Å². The first-order chi connectivity index (χ1) is 8.83. The summed E-state index contributed by atoms with van der Waals surface area (Å²) >= 11 is 1.33. The van der Waals surface area contributed by atoms with E-state index in [0.717, 1.165) is 42.6 Å².